The highest BCUT2D eigenvalue weighted by atomic mass is 35.5. The van der Waals surface area contributed by atoms with Crippen molar-refractivity contribution in [2.24, 2.45) is 7.05 Å². The summed E-state index contributed by atoms with van der Waals surface area (Å²) in [7, 11) is 3.64. The molecule has 16 heavy (non-hydrogen) atoms. The molecule has 0 bridgehead atoms. The Morgan fingerprint density at radius 1 is 1.31 bits per heavy atom. The average molecular weight is 259 g/mol. The first-order valence-electron chi connectivity index (χ1n) is 4.92. The van der Waals surface area contributed by atoms with Gasteiger partial charge in [0.2, 0.25) is 0 Å². The van der Waals surface area contributed by atoms with E-state index in [2.05, 4.69) is 4.98 Å². The molecule has 0 fully saturated rings. The number of methoxy groups -OCH3 is 1. The lowest BCUT2D eigenvalue weighted by Crippen LogP contribution is -2.02. The highest BCUT2D eigenvalue weighted by Crippen LogP contribution is 2.27. The molecule has 0 saturated carbocycles. The molecule has 0 atom stereocenters. The monoisotopic (exact) mass is 258 g/mol. The van der Waals surface area contributed by atoms with Crippen LogP contribution in [0.3, 0.4) is 0 Å². The average Bonchev–Trinajstić information content (AvgIpc) is 2.54. The van der Waals surface area contributed by atoms with E-state index in [1.807, 2.05) is 17.7 Å². The Morgan fingerprint density at radius 2 is 2.00 bits per heavy atom. The highest BCUT2D eigenvalue weighted by molar-refractivity contribution is 6.42. The van der Waals surface area contributed by atoms with Gasteiger partial charge in [0, 0.05) is 20.6 Å². The second-order valence-electron chi connectivity index (χ2n) is 3.58. The molecule has 1 aromatic heterocycles. The van der Waals surface area contributed by atoms with Crippen LogP contribution < -0.4 is 0 Å². The van der Waals surface area contributed by atoms with Crippen molar-refractivity contribution in [3.05, 3.63) is 28.0 Å². The number of benzene rings is 1. The fourth-order valence-corrected chi connectivity index (χ4v) is 1.97. The van der Waals surface area contributed by atoms with Gasteiger partial charge in [-0.1, -0.05) is 23.2 Å². The van der Waals surface area contributed by atoms with E-state index in [4.69, 9.17) is 27.9 Å². The van der Waals surface area contributed by atoms with Gasteiger partial charge in [-0.2, -0.15) is 0 Å². The number of hydrogen-bond acceptors (Lipinski definition) is 2. The zero-order valence-electron chi connectivity index (χ0n) is 9.13. The number of nitrogens with zero attached hydrogens (tertiary/aromatic N) is 2. The Kier molecular flexibility index (Phi) is 3.38. The summed E-state index contributed by atoms with van der Waals surface area (Å²) in [5, 5.41) is 1.08. The zero-order chi connectivity index (χ0) is 11.7. The van der Waals surface area contributed by atoms with Crippen LogP contribution in [-0.2, 0) is 18.2 Å². The van der Waals surface area contributed by atoms with Crippen LogP contribution in [0, 0.1) is 0 Å². The molecule has 0 unspecified atom stereocenters. The number of rotatable bonds is 3. The van der Waals surface area contributed by atoms with Crippen LogP contribution in [0.15, 0.2) is 12.1 Å². The zero-order valence-corrected chi connectivity index (χ0v) is 10.6. The number of aryl methyl sites for hydroxylation is 1. The van der Waals surface area contributed by atoms with Crippen LogP contribution in [0.25, 0.3) is 11.0 Å². The van der Waals surface area contributed by atoms with Crippen LogP contribution in [0.1, 0.15) is 5.82 Å². The Balaban J connectivity index is 2.50. The minimum absolute atomic E-state index is 0.533. The molecular weight excluding hydrogens is 247 g/mol. The van der Waals surface area contributed by atoms with Crippen LogP contribution >= 0.6 is 23.2 Å². The molecule has 2 aromatic rings. The normalized spacial score (nSPS) is 11.2. The first-order valence-corrected chi connectivity index (χ1v) is 5.68. The van der Waals surface area contributed by atoms with E-state index in [9.17, 15) is 0 Å². The quantitative estimate of drug-likeness (QED) is 0.847. The smallest absolute Gasteiger partial charge is 0.111 e. The first kappa shape index (κ1) is 11.7. The summed E-state index contributed by atoms with van der Waals surface area (Å²) in [6.45, 7) is 0.651. The van der Waals surface area contributed by atoms with Crippen molar-refractivity contribution < 1.29 is 4.74 Å². The third-order valence-electron chi connectivity index (χ3n) is 2.55. The molecule has 5 heteroatoms. The Bertz CT molecular complexity index is 522. The SMILES string of the molecule is COCCc1nc2cc(Cl)c(Cl)cc2n1C. The van der Waals surface area contributed by atoms with Gasteiger partial charge < -0.3 is 9.30 Å². The molecule has 86 valence electrons. The summed E-state index contributed by atoms with van der Waals surface area (Å²) in [6, 6.07) is 3.62. The van der Waals surface area contributed by atoms with Gasteiger partial charge in [0.25, 0.3) is 0 Å². The Morgan fingerprint density at radius 3 is 2.69 bits per heavy atom. The summed E-state index contributed by atoms with van der Waals surface area (Å²) >= 11 is 11.9. The van der Waals surface area contributed by atoms with Gasteiger partial charge >= 0.3 is 0 Å². The third-order valence-corrected chi connectivity index (χ3v) is 3.27. The number of ether oxygens (including phenoxy) is 1. The minimum atomic E-state index is 0.533. The van der Waals surface area contributed by atoms with E-state index in [0.717, 1.165) is 23.3 Å². The standard InChI is InChI=1S/C11H12Cl2N2O/c1-15-10-6-8(13)7(12)5-9(10)14-11(15)3-4-16-2/h5-6H,3-4H2,1-2H3. The lowest BCUT2D eigenvalue weighted by atomic mass is 10.3. The third kappa shape index (κ3) is 2.03. The summed E-state index contributed by atoms with van der Waals surface area (Å²) in [5.74, 6) is 0.968. The van der Waals surface area contributed by atoms with Gasteiger partial charge in [-0.3, -0.25) is 0 Å². The fourth-order valence-electron chi connectivity index (χ4n) is 1.65. The van der Waals surface area contributed by atoms with Crippen LogP contribution in [-0.4, -0.2) is 23.3 Å². The molecule has 0 saturated heterocycles. The van der Waals surface area contributed by atoms with Gasteiger partial charge in [-0.05, 0) is 12.1 Å². The van der Waals surface area contributed by atoms with Gasteiger partial charge in [-0.25, -0.2) is 4.98 Å². The lowest BCUT2D eigenvalue weighted by Gasteiger charge is -2.01. The second-order valence-corrected chi connectivity index (χ2v) is 4.40. The van der Waals surface area contributed by atoms with Crippen molar-refractivity contribution in [2.45, 2.75) is 6.42 Å². The summed E-state index contributed by atoms with van der Waals surface area (Å²) in [6.07, 6.45) is 0.775. The molecule has 0 spiro atoms. The van der Waals surface area contributed by atoms with Crippen LogP contribution in [0.4, 0.5) is 0 Å². The van der Waals surface area contributed by atoms with E-state index in [1.54, 1.807) is 13.2 Å². The van der Waals surface area contributed by atoms with Crippen LogP contribution in [0.2, 0.25) is 10.0 Å². The van der Waals surface area contributed by atoms with E-state index in [0.29, 0.717) is 16.7 Å². The van der Waals surface area contributed by atoms with Crippen molar-refractivity contribution in [1.82, 2.24) is 9.55 Å². The van der Waals surface area contributed by atoms with Crippen molar-refractivity contribution in [1.29, 1.82) is 0 Å². The molecule has 3 nitrogen and oxygen atoms in total. The van der Waals surface area contributed by atoms with Gasteiger partial charge in [0.15, 0.2) is 0 Å². The predicted molar refractivity (Wildman–Crippen MR) is 66.3 cm³/mol. The maximum atomic E-state index is 5.98. The topological polar surface area (TPSA) is 27.1 Å². The van der Waals surface area contributed by atoms with Crippen molar-refractivity contribution in [3.63, 3.8) is 0 Å². The molecule has 0 radical (unpaired) electrons. The van der Waals surface area contributed by atoms with Gasteiger partial charge in [0.1, 0.15) is 5.82 Å². The fraction of sp³-hybridized carbons (Fsp3) is 0.364. The molecule has 2 rings (SSSR count). The van der Waals surface area contributed by atoms with Crippen molar-refractivity contribution in [3.8, 4) is 0 Å². The number of aromatic nitrogens is 2. The number of hydrogen-bond donors (Lipinski definition) is 0. The van der Waals surface area contributed by atoms with E-state index in [-0.39, 0.29) is 0 Å². The van der Waals surface area contributed by atoms with Crippen molar-refractivity contribution >= 4 is 34.2 Å². The molecule has 1 heterocycles. The molecule has 0 aliphatic carbocycles. The summed E-state index contributed by atoms with van der Waals surface area (Å²) < 4.78 is 7.05. The Hall–Kier alpha value is -0.770. The number of halogens is 2. The summed E-state index contributed by atoms with van der Waals surface area (Å²) in [4.78, 5) is 4.49. The number of fused-ring (bicyclic) bond motifs is 1. The number of imidazole rings is 1. The molecule has 0 amide bonds. The first-order chi connectivity index (χ1) is 7.63. The lowest BCUT2D eigenvalue weighted by molar-refractivity contribution is 0.200. The largest absolute Gasteiger partial charge is 0.384 e. The molecule has 0 N–H and O–H groups in total. The molecule has 0 aliphatic rings. The second kappa shape index (κ2) is 4.62. The van der Waals surface area contributed by atoms with Gasteiger partial charge in [-0.15, -0.1) is 0 Å². The van der Waals surface area contributed by atoms with E-state index in [1.165, 1.54) is 0 Å². The highest BCUT2D eigenvalue weighted by Gasteiger charge is 2.10. The summed E-state index contributed by atoms with van der Waals surface area (Å²) in [5.41, 5.74) is 1.85. The predicted octanol–water partition coefficient (Wildman–Crippen LogP) is 3.07. The Labute approximate surface area is 104 Å². The van der Waals surface area contributed by atoms with E-state index >= 15 is 0 Å². The van der Waals surface area contributed by atoms with Crippen molar-refractivity contribution in [2.75, 3.05) is 13.7 Å². The van der Waals surface area contributed by atoms with Gasteiger partial charge in [0.05, 0.1) is 27.7 Å². The van der Waals surface area contributed by atoms with Crippen LogP contribution in [0.5, 0.6) is 0 Å². The maximum absolute atomic E-state index is 5.98. The molecule has 1 aromatic carbocycles. The molecular formula is C11H12Cl2N2O. The minimum Gasteiger partial charge on any atom is -0.384 e. The van der Waals surface area contributed by atoms with E-state index < -0.39 is 0 Å². The molecule has 0 aliphatic heterocycles. The maximum Gasteiger partial charge on any atom is 0.111 e.